The highest BCUT2D eigenvalue weighted by atomic mass is 16.5. The average Bonchev–Trinajstić information content (AvgIpc) is 2.45. The molecule has 1 rings (SSSR count). The summed E-state index contributed by atoms with van der Waals surface area (Å²) < 4.78 is 5.19. The Morgan fingerprint density at radius 3 is 2.35 bits per heavy atom. The van der Waals surface area contributed by atoms with E-state index < -0.39 is 24.0 Å². The Morgan fingerprint density at radius 1 is 1.30 bits per heavy atom. The van der Waals surface area contributed by atoms with Crippen molar-refractivity contribution in [3.8, 4) is 0 Å². The summed E-state index contributed by atoms with van der Waals surface area (Å²) in [5.41, 5.74) is 0.695. The molecular weight excluding hydrogens is 258 g/mol. The first-order chi connectivity index (χ1) is 9.51. The summed E-state index contributed by atoms with van der Waals surface area (Å²) in [6.45, 7) is 3.68. The van der Waals surface area contributed by atoms with Gasteiger partial charge in [0.25, 0.3) is 5.91 Å². The fourth-order valence-electron chi connectivity index (χ4n) is 1.93. The van der Waals surface area contributed by atoms with Crippen molar-refractivity contribution in [2.75, 3.05) is 7.11 Å². The number of ether oxygens (including phenoxy) is 1. The number of nitrogens with one attached hydrogen (secondary N) is 1. The van der Waals surface area contributed by atoms with Crippen LogP contribution in [0.5, 0.6) is 0 Å². The van der Waals surface area contributed by atoms with Crippen LogP contribution in [0.15, 0.2) is 30.3 Å². The van der Waals surface area contributed by atoms with Gasteiger partial charge in [-0.2, -0.15) is 0 Å². The molecule has 0 aliphatic rings. The van der Waals surface area contributed by atoms with Crippen molar-refractivity contribution < 1.29 is 19.4 Å². The maximum Gasteiger partial charge on any atom is 0.326 e. The number of benzene rings is 1. The van der Waals surface area contributed by atoms with Crippen molar-refractivity contribution in [3.63, 3.8) is 0 Å². The number of amides is 1. The van der Waals surface area contributed by atoms with E-state index in [0.717, 1.165) is 0 Å². The van der Waals surface area contributed by atoms with Crippen LogP contribution >= 0.6 is 0 Å². The zero-order valence-corrected chi connectivity index (χ0v) is 12.0. The first-order valence-corrected chi connectivity index (χ1v) is 6.62. The van der Waals surface area contributed by atoms with Gasteiger partial charge in [0.1, 0.15) is 6.04 Å². The summed E-state index contributed by atoms with van der Waals surface area (Å²) in [6.07, 6.45) is -0.137. The minimum atomic E-state index is -1.03. The van der Waals surface area contributed by atoms with Crippen LogP contribution in [-0.2, 0) is 14.3 Å². The number of hydrogen-bond donors (Lipinski definition) is 2. The zero-order valence-electron chi connectivity index (χ0n) is 12.0. The summed E-state index contributed by atoms with van der Waals surface area (Å²) in [4.78, 5) is 23.4. The van der Waals surface area contributed by atoms with Gasteiger partial charge in [-0.3, -0.25) is 4.79 Å². The van der Waals surface area contributed by atoms with Crippen molar-refractivity contribution in [2.45, 2.75) is 32.4 Å². The number of carboxylic acids is 1. The smallest absolute Gasteiger partial charge is 0.326 e. The fourth-order valence-corrected chi connectivity index (χ4v) is 1.93. The lowest BCUT2D eigenvalue weighted by atomic mass is 9.98. The maximum atomic E-state index is 12.2. The van der Waals surface area contributed by atoms with Crippen LogP contribution in [0, 0.1) is 5.92 Å². The summed E-state index contributed by atoms with van der Waals surface area (Å²) in [5, 5.41) is 11.7. The predicted molar refractivity (Wildman–Crippen MR) is 75.2 cm³/mol. The van der Waals surface area contributed by atoms with Crippen molar-refractivity contribution >= 4 is 11.9 Å². The van der Waals surface area contributed by atoms with E-state index in [0.29, 0.717) is 12.0 Å². The molecule has 2 N–H and O–H groups in total. The lowest BCUT2D eigenvalue weighted by Crippen LogP contribution is -2.47. The second-order valence-electron chi connectivity index (χ2n) is 4.74. The molecule has 1 aromatic rings. The minimum Gasteiger partial charge on any atom is -0.480 e. The molecule has 0 unspecified atom stereocenters. The van der Waals surface area contributed by atoms with Crippen LogP contribution in [0.1, 0.15) is 31.9 Å². The van der Waals surface area contributed by atoms with Gasteiger partial charge in [-0.05, 0) is 11.5 Å². The number of methoxy groups -OCH3 is 1. The Balaban J connectivity index is 2.84. The lowest BCUT2D eigenvalue weighted by molar-refractivity contribution is -0.145. The molecule has 1 amide bonds. The molecule has 0 aromatic heterocycles. The van der Waals surface area contributed by atoms with Gasteiger partial charge in [-0.15, -0.1) is 0 Å². The van der Waals surface area contributed by atoms with Crippen LogP contribution in [0.25, 0.3) is 0 Å². The topological polar surface area (TPSA) is 75.6 Å². The first kappa shape index (κ1) is 16.2. The van der Waals surface area contributed by atoms with Crippen molar-refractivity contribution in [2.24, 2.45) is 5.92 Å². The molecule has 0 radical (unpaired) electrons. The van der Waals surface area contributed by atoms with E-state index >= 15 is 0 Å². The van der Waals surface area contributed by atoms with Gasteiger partial charge in [0.2, 0.25) is 0 Å². The molecule has 1 aromatic carbocycles. The number of carbonyl (C=O) groups excluding carboxylic acids is 1. The molecule has 0 bridgehead atoms. The van der Waals surface area contributed by atoms with Crippen LogP contribution in [0.4, 0.5) is 0 Å². The molecule has 5 nitrogen and oxygen atoms in total. The first-order valence-electron chi connectivity index (χ1n) is 6.62. The highest BCUT2D eigenvalue weighted by molar-refractivity contribution is 5.87. The maximum absolute atomic E-state index is 12.2. The van der Waals surface area contributed by atoms with E-state index in [4.69, 9.17) is 4.74 Å². The highest BCUT2D eigenvalue weighted by Gasteiger charge is 2.29. The van der Waals surface area contributed by atoms with E-state index in [9.17, 15) is 14.7 Å². The molecule has 0 spiro atoms. The van der Waals surface area contributed by atoms with Crippen LogP contribution in [0.3, 0.4) is 0 Å². The van der Waals surface area contributed by atoms with Gasteiger partial charge in [0.05, 0.1) is 0 Å². The molecule has 5 heteroatoms. The van der Waals surface area contributed by atoms with Gasteiger partial charge >= 0.3 is 5.97 Å². The van der Waals surface area contributed by atoms with Crippen LogP contribution in [0.2, 0.25) is 0 Å². The zero-order chi connectivity index (χ0) is 15.1. The molecule has 0 aliphatic heterocycles. The Hall–Kier alpha value is -1.88. The van der Waals surface area contributed by atoms with Gasteiger partial charge < -0.3 is 15.2 Å². The molecular formula is C15H21NO4. The van der Waals surface area contributed by atoms with Gasteiger partial charge in [-0.25, -0.2) is 4.79 Å². The molecule has 0 saturated heterocycles. The molecule has 0 fully saturated rings. The van der Waals surface area contributed by atoms with Crippen molar-refractivity contribution in [1.82, 2.24) is 5.32 Å². The SMILES string of the molecule is CC[C@@H](C)[C@H](NC(=O)[C@H](OC)c1ccccc1)C(=O)O. The Bertz CT molecular complexity index is 446. The molecule has 0 heterocycles. The van der Waals surface area contributed by atoms with Crippen molar-refractivity contribution in [1.29, 1.82) is 0 Å². The van der Waals surface area contributed by atoms with E-state index in [1.165, 1.54) is 7.11 Å². The number of rotatable bonds is 7. The van der Waals surface area contributed by atoms with Crippen LogP contribution in [-0.4, -0.2) is 30.1 Å². The molecule has 0 aliphatic carbocycles. The van der Waals surface area contributed by atoms with E-state index in [1.807, 2.05) is 13.0 Å². The largest absolute Gasteiger partial charge is 0.480 e. The summed E-state index contributed by atoms with van der Waals surface area (Å²) in [5.74, 6) is -1.62. The monoisotopic (exact) mass is 279 g/mol. The number of carboxylic acid groups (broad SMARTS) is 1. The minimum absolute atomic E-state index is 0.148. The Labute approximate surface area is 118 Å². The van der Waals surface area contributed by atoms with Gasteiger partial charge in [0, 0.05) is 7.11 Å². The van der Waals surface area contributed by atoms with Gasteiger partial charge in [-0.1, -0.05) is 50.6 Å². The standard InChI is InChI=1S/C15H21NO4/c1-4-10(2)12(15(18)19)16-14(17)13(20-3)11-8-6-5-7-9-11/h5-10,12-13H,4H2,1-3H3,(H,16,17)(H,18,19)/t10-,12+,13-/m1/s1. The molecule has 110 valence electrons. The highest BCUT2D eigenvalue weighted by Crippen LogP contribution is 2.17. The summed E-state index contributed by atoms with van der Waals surface area (Å²) in [7, 11) is 1.43. The summed E-state index contributed by atoms with van der Waals surface area (Å²) in [6, 6.07) is 8.08. The fraction of sp³-hybridized carbons (Fsp3) is 0.467. The molecule has 3 atom stereocenters. The van der Waals surface area contributed by atoms with Crippen molar-refractivity contribution in [3.05, 3.63) is 35.9 Å². The van der Waals surface area contributed by atoms with E-state index in [-0.39, 0.29) is 5.92 Å². The third-order valence-corrected chi connectivity index (χ3v) is 3.35. The summed E-state index contributed by atoms with van der Waals surface area (Å²) >= 11 is 0. The predicted octanol–water partition coefficient (Wildman–Crippen LogP) is 1.99. The number of carbonyl (C=O) groups is 2. The quantitative estimate of drug-likeness (QED) is 0.800. The number of aliphatic carboxylic acids is 1. The molecule has 20 heavy (non-hydrogen) atoms. The Kier molecular flexibility index (Phi) is 6.18. The third kappa shape index (κ3) is 4.06. The van der Waals surface area contributed by atoms with E-state index in [2.05, 4.69) is 5.32 Å². The molecule has 0 saturated carbocycles. The average molecular weight is 279 g/mol. The number of hydrogen-bond acceptors (Lipinski definition) is 3. The van der Waals surface area contributed by atoms with E-state index in [1.54, 1.807) is 31.2 Å². The normalized spacial score (nSPS) is 15.2. The van der Waals surface area contributed by atoms with Crippen LogP contribution < -0.4 is 5.32 Å². The second-order valence-corrected chi connectivity index (χ2v) is 4.74. The van der Waals surface area contributed by atoms with Gasteiger partial charge in [0.15, 0.2) is 6.10 Å². The third-order valence-electron chi connectivity index (χ3n) is 3.35. The second kappa shape index (κ2) is 7.65. The lowest BCUT2D eigenvalue weighted by Gasteiger charge is -2.23. The Morgan fingerprint density at radius 2 is 1.90 bits per heavy atom.